The highest BCUT2D eigenvalue weighted by atomic mass is 31.1. The Balaban J connectivity index is 2.23. The molecule has 1 unspecified atom stereocenters. The van der Waals surface area contributed by atoms with Crippen LogP contribution in [-0.4, -0.2) is 11.3 Å². The zero-order valence-corrected chi connectivity index (χ0v) is 20.6. The van der Waals surface area contributed by atoms with Crippen LogP contribution in [-0.2, 0) is 16.9 Å². The van der Waals surface area contributed by atoms with E-state index < -0.39 is 42.4 Å². The van der Waals surface area contributed by atoms with Crippen molar-refractivity contribution in [3.05, 3.63) is 98.6 Å². The van der Waals surface area contributed by atoms with E-state index in [1.54, 1.807) is 30.3 Å². The highest BCUT2D eigenvalue weighted by molar-refractivity contribution is 7.71. The molecule has 0 aliphatic heterocycles. The summed E-state index contributed by atoms with van der Waals surface area (Å²) in [6.07, 6.45) is -10.6. The fourth-order valence-corrected chi connectivity index (χ4v) is 6.00. The van der Waals surface area contributed by atoms with Crippen molar-refractivity contribution in [3.8, 4) is 0 Å². The topological polar surface area (TPSA) is 51.2 Å². The number of benzene rings is 3. The first-order valence-corrected chi connectivity index (χ1v) is 12.1. The maximum Gasteiger partial charge on any atom is 0.417 e. The number of rotatable bonds is 5. The van der Waals surface area contributed by atoms with Crippen LogP contribution >= 0.6 is 7.80 Å². The van der Waals surface area contributed by atoms with Gasteiger partial charge in [-0.2, -0.15) is 26.3 Å². The number of alkyl halides is 6. The highest BCUT2D eigenvalue weighted by Gasteiger charge is 2.44. The molecule has 0 amide bonds. The van der Waals surface area contributed by atoms with Gasteiger partial charge in [0, 0.05) is 22.0 Å². The molecule has 0 fully saturated rings. The van der Waals surface area contributed by atoms with Crippen LogP contribution in [0.4, 0.5) is 26.3 Å². The van der Waals surface area contributed by atoms with Crippen LogP contribution in [0.5, 0.6) is 0 Å². The molecular formula is C26H21F6O3P. The minimum atomic E-state index is -5.28. The summed E-state index contributed by atoms with van der Waals surface area (Å²) in [4.78, 5) is 26.3. The molecule has 0 N–H and O–H groups in total. The summed E-state index contributed by atoms with van der Waals surface area (Å²) in [6, 6.07) is 9.51. The molecule has 1 atom stereocenters. The normalized spacial score (nSPS) is 12.9. The minimum Gasteiger partial charge on any atom is -0.313 e. The van der Waals surface area contributed by atoms with Crippen LogP contribution in [0, 0.1) is 27.7 Å². The van der Waals surface area contributed by atoms with E-state index in [0.717, 1.165) is 0 Å². The number of ketones is 1. The van der Waals surface area contributed by atoms with Crippen molar-refractivity contribution in [1.82, 2.24) is 0 Å². The Kier molecular flexibility index (Phi) is 7.38. The monoisotopic (exact) mass is 526 g/mol. The van der Waals surface area contributed by atoms with Gasteiger partial charge in [0.2, 0.25) is 5.52 Å². The Morgan fingerprint density at radius 3 is 1.50 bits per heavy atom. The lowest BCUT2D eigenvalue weighted by atomic mass is 9.89. The second-order valence-electron chi connectivity index (χ2n) is 8.33. The van der Waals surface area contributed by atoms with Gasteiger partial charge in [-0.25, -0.2) is 0 Å². The van der Waals surface area contributed by atoms with Crippen molar-refractivity contribution in [2.24, 2.45) is 0 Å². The Bertz CT molecular complexity index is 1330. The molecule has 0 aromatic heterocycles. The molecule has 0 aliphatic rings. The zero-order valence-electron chi connectivity index (χ0n) is 19.6. The first-order valence-electron chi connectivity index (χ1n) is 10.7. The smallest absolute Gasteiger partial charge is 0.313 e. The van der Waals surface area contributed by atoms with Gasteiger partial charge < -0.3 is 4.57 Å². The largest absolute Gasteiger partial charge is 0.417 e. The fraction of sp³-hybridized carbons (Fsp3) is 0.231. The first kappa shape index (κ1) is 27.4. The molecule has 0 saturated heterocycles. The molecule has 0 heterocycles. The molecule has 0 radical (unpaired) electrons. The molecule has 3 nitrogen and oxygen atoms in total. The van der Waals surface area contributed by atoms with Gasteiger partial charge in [0.1, 0.15) is 0 Å². The third kappa shape index (κ3) is 4.89. The Morgan fingerprint density at radius 1 is 0.639 bits per heavy atom. The standard InChI is InChI=1S/C26H21F6O3P/c1-13-15(3)23(16(4)14(2)20(13)22(33)17-9-6-5-7-10-17)36(35)24(34)21-18(25(27,28)29)11-8-12-19(21)26(30,31)32/h5-12,36H,1-4H3. The second-order valence-corrected chi connectivity index (χ2v) is 9.94. The van der Waals surface area contributed by atoms with Crippen molar-refractivity contribution in [3.63, 3.8) is 0 Å². The van der Waals surface area contributed by atoms with Gasteiger partial charge in [-0.1, -0.05) is 36.4 Å². The summed E-state index contributed by atoms with van der Waals surface area (Å²) < 4.78 is 94.9. The lowest BCUT2D eigenvalue weighted by Crippen LogP contribution is -2.23. The maximum atomic E-state index is 13.6. The van der Waals surface area contributed by atoms with Gasteiger partial charge in [-0.05, 0) is 62.1 Å². The van der Waals surface area contributed by atoms with Gasteiger partial charge in [0.05, 0.1) is 11.1 Å². The van der Waals surface area contributed by atoms with Crippen molar-refractivity contribution < 1.29 is 40.5 Å². The minimum absolute atomic E-state index is 0.144. The van der Waals surface area contributed by atoms with E-state index in [2.05, 4.69) is 0 Å². The number of carbonyl (C=O) groups is 2. The molecule has 3 aromatic rings. The molecule has 0 spiro atoms. The highest BCUT2D eigenvalue weighted by Crippen LogP contribution is 2.44. The quantitative estimate of drug-likeness (QED) is 0.201. The summed E-state index contributed by atoms with van der Waals surface area (Å²) >= 11 is 0. The van der Waals surface area contributed by atoms with Gasteiger partial charge in [-0.15, -0.1) is 0 Å². The van der Waals surface area contributed by atoms with Crippen molar-refractivity contribution in [1.29, 1.82) is 0 Å². The molecular weight excluding hydrogens is 505 g/mol. The van der Waals surface area contributed by atoms with Gasteiger partial charge in [0.15, 0.2) is 13.6 Å². The van der Waals surface area contributed by atoms with E-state index in [4.69, 9.17) is 0 Å². The molecule has 0 bridgehead atoms. The predicted octanol–water partition coefficient (Wildman–Crippen LogP) is 7.21. The van der Waals surface area contributed by atoms with Crippen LogP contribution in [0.1, 0.15) is 59.7 Å². The van der Waals surface area contributed by atoms with Gasteiger partial charge in [-0.3, -0.25) is 9.59 Å². The molecule has 10 heteroatoms. The van der Waals surface area contributed by atoms with E-state index in [1.165, 1.54) is 27.7 Å². The summed E-state index contributed by atoms with van der Waals surface area (Å²) in [7, 11) is -3.87. The Hall–Kier alpha value is -3.19. The van der Waals surface area contributed by atoms with Crippen LogP contribution in [0.3, 0.4) is 0 Å². The van der Waals surface area contributed by atoms with Crippen molar-refractivity contribution in [2.45, 2.75) is 40.0 Å². The molecule has 0 aliphatic carbocycles. The van der Waals surface area contributed by atoms with E-state index in [9.17, 15) is 40.5 Å². The van der Waals surface area contributed by atoms with Crippen LogP contribution < -0.4 is 5.30 Å². The van der Waals surface area contributed by atoms with E-state index in [1.807, 2.05) is 0 Å². The number of halogens is 6. The summed E-state index contributed by atoms with van der Waals surface area (Å²) in [5, 5.41) is -0.144. The lowest BCUT2D eigenvalue weighted by Gasteiger charge is -2.21. The average molecular weight is 526 g/mol. The number of carbonyl (C=O) groups excluding carboxylic acids is 2. The van der Waals surface area contributed by atoms with Crippen LogP contribution in [0.2, 0.25) is 0 Å². The lowest BCUT2D eigenvalue weighted by molar-refractivity contribution is -0.143. The van der Waals surface area contributed by atoms with Crippen LogP contribution in [0.25, 0.3) is 0 Å². The fourth-order valence-electron chi connectivity index (χ4n) is 4.22. The molecule has 3 rings (SSSR count). The third-order valence-corrected chi connectivity index (χ3v) is 8.09. The number of hydrogen-bond donors (Lipinski definition) is 0. The van der Waals surface area contributed by atoms with Gasteiger partial charge >= 0.3 is 12.4 Å². The second kappa shape index (κ2) is 9.69. The predicted molar refractivity (Wildman–Crippen MR) is 125 cm³/mol. The average Bonchev–Trinajstić information content (AvgIpc) is 2.81. The SMILES string of the molecule is Cc1c(C)c([PH](=O)C(=O)c2c(C(F)(F)F)cccc2C(F)(F)F)c(C)c(C)c1C(=O)c1ccccc1. The Labute approximate surface area is 203 Å². The molecule has 0 saturated carbocycles. The molecule has 3 aromatic carbocycles. The summed E-state index contributed by atoms with van der Waals surface area (Å²) in [6.45, 7) is 5.95. The molecule has 190 valence electrons. The third-order valence-electron chi connectivity index (χ3n) is 6.22. The first-order chi connectivity index (χ1) is 16.6. The van der Waals surface area contributed by atoms with E-state index >= 15 is 0 Å². The zero-order chi connectivity index (χ0) is 27.2. The molecule has 36 heavy (non-hydrogen) atoms. The van der Waals surface area contributed by atoms with Crippen molar-refractivity contribution >= 4 is 24.4 Å². The van der Waals surface area contributed by atoms with Crippen LogP contribution in [0.15, 0.2) is 48.5 Å². The van der Waals surface area contributed by atoms with E-state index in [0.29, 0.717) is 34.9 Å². The number of hydrogen-bond acceptors (Lipinski definition) is 3. The van der Waals surface area contributed by atoms with Gasteiger partial charge in [0.25, 0.3) is 0 Å². The summed E-state index contributed by atoms with van der Waals surface area (Å²) in [5.74, 6) is -0.351. The maximum absolute atomic E-state index is 13.6. The van der Waals surface area contributed by atoms with Crippen molar-refractivity contribution in [2.75, 3.05) is 0 Å². The summed E-state index contributed by atoms with van der Waals surface area (Å²) in [5.41, 5.74) is -5.29. The Morgan fingerprint density at radius 2 is 1.08 bits per heavy atom. The van der Waals surface area contributed by atoms with E-state index in [-0.39, 0.29) is 27.8 Å².